The molecule has 5 aliphatic heterocycles. The third-order valence-corrected chi connectivity index (χ3v) is 14.9. The average Bonchev–Trinajstić information content (AvgIpc) is 1.44. The Balaban J connectivity index is 0.000000539. The SMILES string of the molecule is C#CCN1CN(CC#N)C(C)N(C#N)C1C.CC1N(CC#N)CN(CC#N)C(C)N1C#N.CC1N(CC#N)CN(CC#N)CN1CC#N.CCC1N(C#N)C(CC)N(CC#N)C(CC)N1CC#N.CCOC1N(CC#N)CN(CC#N)CN1CC#N. The Hall–Kier alpha value is -8.70. The van der Waals surface area contributed by atoms with Crippen molar-refractivity contribution in [2.75, 3.05) is 125 Å². The molecule has 0 bridgehead atoms. The molecule has 5 fully saturated rings. The second-order valence-corrected chi connectivity index (χ2v) is 19.9. The minimum atomic E-state index is -0.371. The second-order valence-electron chi connectivity index (χ2n) is 19.9. The zero-order valence-corrected chi connectivity index (χ0v) is 51.2. The number of terminal acetylenes is 1. The van der Waals surface area contributed by atoms with Crippen LogP contribution in [0.4, 0.5) is 0 Å². The van der Waals surface area contributed by atoms with Crippen LogP contribution in [0, 0.1) is 171 Å². The van der Waals surface area contributed by atoms with Crippen LogP contribution in [0.5, 0.6) is 0 Å². The normalized spacial score (nSPS) is 24.1. The number of hydrogen-bond donors (Lipinski definition) is 0. The van der Waals surface area contributed by atoms with Crippen LogP contribution in [-0.4, -0.2) is 254 Å². The maximum Gasteiger partial charge on any atom is 0.182 e. The number of nitriles is 14. The third kappa shape index (κ3) is 21.7. The van der Waals surface area contributed by atoms with Crippen LogP contribution in [0.1, 0.15) is 81.6 Å². The van der Waals surface area contributed by atoms with Gasteiger partial charge in [0.25, 0.3) is 0 Å². The maximum absolute atomic E-state index is 9.48. The van der Waals surface area contributed by atoms with Gasteiger partial charge in [0, 0.05) is 6.61 Å². The van der Waals surface area contributed by atoms with Crippen LogP contribution in [-0.2, 0) is 4.74 Å². The summed E-state index contributed by atoms with van der Waals surface area (Å²) < 4.78 is 5.58. The summed E-state index contributed by atoms with van der Waals surface area (Å²) >= 11 is 0. The van der Waals surface area contributed by atoms with Gasteiger partial charge in [-0.2, -0.15) is 73.7 Å². The van der Waals surface area contributed by atoms with E-state index in [1.54, 1.807) is 14.7 Å². The highest BCUT2D eigenvalue weighted by atomic mass is 16.5. The largest absolute Gasteiger partial charge is 0.350 e. The summed E-state index contributed by atoms with van der Waals surface area (Å²) in [6.07, 6.45) is 13.5. The Labute approximate surface area is 510 Å². The lowest BCUT2D eigenvalue weighted by atomic mass is 10.1. The first-order chi connectivity index (χ1) is 41.5. The molecule has 5 saturated heterocycles. The molecule has 0 radical (unpaired) electrons. The Morgan fingerprint density at radius 1 is 0.326 bits per heavy atom. The molecule has 30 nitrogen and oxygen atoms in total. The minimum absolute atomic E-state index is 0.0222. The number of rotatable bonds is 17. The van der Waals surface area contributed by atoms with E-state index in [-0.39, 0.29) is 101 Å². The Kier molecular flexibility index (Phi) is 36.9. The van der Waals surface area contributed by atoms with Gasteiger partial charge in [0.1, 0.15) is 0 Å². The molecule has 0 aromatic carbocycles. The van der Waals surface area contributed by atoms with Gasteiger partial charge in [0.2, 0.25) is 0 Å². The zero-order chi connectivity index (χ0) is 64.7. The van der Waals surface area contributed by atoms with Gasteiger partial charge in [-0.1, -0.05) is 26.7 Å². The van der Waals surface area contributed by atoms with Crippen LogP contribution in [0.2, 0.25) is 0 Å². The highest BCUT2D eigenvalue weighted by molar-refractivity contribution is 5.01. The van der Waals surface area contributed by atoms with Crippen molar-refractivity contribution in [3.05, 3.63) is 0 Å². The molecule has 0 amide bonds. The fourth-order valence-electron chi connectivity index (χ4n) is 10.6. The highest BCUT2D eigenvalue weighted by Gasteiger charge is 2.44. The van der Waals surface area contributed by atoms with Gasteiger partial charge in [-0.15, -0.1) is 6.42 Å². The van der Waals surface area contributed by atoms with Crippen LogP contribution in [0.25, 0.3) is 0 Å². The first-order valence-electron chi connectivity index (χ1n) is 28.0. The van der Waals surface area contributed by atoms with E-state index in [9.17, 15) is 5.26 Å². The van der Waals surface area contributed by atoms with Crippen LogP contribution < -0.4 is 0 Å². The molecule has 0 saturated carbocycles. The van der Waals surface area contributed by atoms with Crippen molar-refractivity contribution in [2.45, 2.75) is 137 Å². The van der Waals surface area contributed by atoms with Gasteiger partial charge in [-0.25, -0.2) is 9.80 Å². The van der Waals surface area contributed by atoms with E-state index < -0.39 is 0 Å². The predicted octanol–water partition coefficient (Wildman–Crippen LogP) is 1.37. The van der Waals surface area contributed by atoms with Gasteiger partial charge in [-0.3, -0.25) is 63.7 Å². The van der Waals surface area contributed by atoms with Gasteiger partial charge >= 0.3 is 0 Å². The summed E-state index contributed by atoms with van der Waals surface area (Å²) in [6, 6.07) is 23.1. The van der Waals surface area contributed by atoms with Crippen LogP contribution in [0.3, 0.4) is 0 Å². The minimum Gasteiger partial charge on any atom is -0.350 e. The van der Waals surface area contributed by atoms with E-state index in [1.807, 2.05) is 114 Å². The summed E-state index contributed by atoms with van der Waals surface area (Å²) in [5.74, 6) is 2.57. The third-order valence-electron chi connectivity index (χ3n) is 14.9. The number of ether oxygens (including phenoxy) is 1. The average molecular weight is 1180 g/mol. The molecular weight excluding hydrogens is 1090 g/mol. The molecule has 5 aliphatic rings. The molecule has 0 aliphatic carbocycles. The molecule has 0 aromatic heterocycles. The lowest BCUT2D eigenvalue weighted by Gasteiger charge is -2.54. The van der Waals surface area contributed by atoms with Crippen molar-refractivity contribution < 1.29 is 4.74 Å². The zero-order valence-electron chi connectivity index (χ0n) is 51.2. The van der Waals surface area contributed by atoms with Crippen molar-refractivity contribution in [1.82, 2.24) is 73.5 Å². The Bertz CT molecular complexity index is 2520. The van der Waals surface area contributed by atoms with Crippen molar-refractivity contribution >= 4 is 0 Å². The maximum atomic E-state index is 9.48. The van der Waals surface area contributed by atoms with Crippen molar-refractivity contribution in [3.8, 4) is 97.7 Å². The molecule has 5 heterocycles. The summed E-state index contributed by atoms with van der Waals surface area (Å²) in [5, 5.41) is 124. The topological polar surface area (TPSA) is 391 Å². The summed E-state index contributed by atoms with van der Waals surface area (Å²) in [7, 11) is 0. The summed E-state index contributed by atoms with van der Waals surface area (Å²) in [5.41, 5.74) is 0. The van der Waals surface area contributed by atoms with Gasteiger partial charge in [-0.05, 0) is 60.8 Å². The molecule has 30 heteroatoms. The summed E-state index contributed by atoms with van der Waals surface area (Å²) in [4.78, 5) is 28.0. The van der Waals surface area contributed by atoms with Crippen molar-refractivity contribution in [1.29, 1.82) is 73.7 Å². The fraction of sp³-hybridized carbons (Fsp3) is 0.714. The molecule has 6 atom stereocenters. The lowest BCUT2D eigenvalue weighted by molar-refractivity contribution is -0.199. The van der Waals surface area contributed by atoms with Crippen LogP contribution in [0.15, 0.2) is 0 Å². The van der Waals surface area contributed by atoms with Crippen LogP contribution >= 0.6 is 0 Å². The van der Waals surface area contributed by atoms with Crippen molar-refractivity contribution in [3.63, 3.8) is 0 Å². The lowest BCUT2D eigenvalue weighted by Crippen LogP contribution is -2.69. The Morgan fingerprint density at radius 3 is 0.849 bits per heavy atom. The predicted molar refractivity (Wildman–Crippen MR) is 308 cm³/mol. The van der Waals surface area contributed by atoms with E-state index in [2.05, 4.69) is 98.2 Å². The molecule has 456 valence electrons. The van der Waals surface area contributed by atoms with Gasteiger partial charge in [0.05, 0.1) is 235 Å². The number of nitrogens with zero attached hydrogens (tertiary/aromatic N) is 29. The summed E-state index contributed by atoms with van der Waals surface area (Å²) in [6.45, 7) is 24.9. The van der Waals surface area contributed by atoms with Gasteiger partial charge < -0.3 is 4.74 Å². The molecule has 86 heavy (non-hydrogen) atoms. The quantitative estimate of drug-likeness (QED) is 0.113. The second kappa shape index (κ2) is 42.2. The fourth-order valence-corrected chi connectivity index (χ4v) is 10.6. The van der Waals surface area contributed by atoms with Crippen molar-refractivity contribution in [2.24, 2.45) is 0 Å². The first kappa shape index (κ1) is 75.3. The highest BCUT2D eigenvalue weighted by Crippen LogP contribution is 2.30. The molecule has 0 N–H and O–H groups in total. The van der Waals surface area contributed by atoms with Gasteiger partial charge in [0.15, 0.2) is 24.9 Å². The standard InChI is InChI=1S/C14H22N6.C11H16N6O.C11H15N5.2C10H14N6/c1-4-12-18(9-7-15)13(5-2)20(11-17)14(6-3)19(12)10-8-16;1-2-18-11-16(7-4-13)9-15(6-3-12)10-17(11)8-5-14;1-4-6-14-9-15(7-5-12)11(3)16(8-13)10(14)2;1-9-14(5-3-11)8-15(6-4-12)10(2)16(9)7-13;1-10-15(6-3-12)8-14(5-2-11)9-16(10)7-4-13/h12-14H,4-6,9-10H2,1-3H3;11H,2,6-10H2,1H3;1,10-11H,6-7,9H2,2-3H3;9-10H,5-6,8H2,1-2H3;10H,5-9H2,1H3. The van der Waals surface area contributed by atoms with E-state index >= 15 is 0 Å². The van der Waals surface area contributed by atoms with E-state index in [0.717, 1.165) is 19.3 Å². The monoisotopic (exact) mass is 1180 g/mol. The van der Waals surface area contributed by atoms with E-state index in [0.29, 0.717) is 79.3 Å². The van der Waals surface area contributed by atoms with E-state index in [4.69, 9.17) is 79.6 Å². The molecular formula is C56H81N29O. The van der Waals surface area contributed by atoms with E-state index in [1.165, 1.54) is 0 Å². The smallest absolute Gasteiger partial charge is 0.182 e. The molecule has 5 rings (SSSR count). The first-order valence-corrected chi connectivity index (χ1v) is 28.0. The Morgan fingerprint density at radius 2 is 0.593 bits per heavy atom. The molecule has 6 unspecified atom stereocenters. The molecule has 0 spiro atoms. The number of hydrogen-bond acceptors (Lipinski definition) is 30. The molecule has 0 aromatic rings.